The lowest BCUT2D eigenvalue weighted by atomic mass is 9.93. The second kappa shape index (κ2) is 24.6. The van der Waals surface area contributed by atoms with E-state index in [-0.39, 0.29) is 75.1 Å². The summed E-state index contributed by atoms with van der Waals surface area (Å²) in [6, 6.07) is -2.51. The molecule has 0 bridgehead atoms. The van der Waals surface area contributed by atoms with Gasteiger partial charge in [0.15, 0.2) is 6.80 Å². The van der Waals surface area contributed by atoms with Crippen LogP contribution in [0.3, 0.4) is 0 Å². The van der Waals surface area contributed by atoms with E-state index < -0.39 is 75.4 Å². The molecule has 0 saturated carbocycles. The predicted molar refractivity (Wildman–Crippen MR) is 218 cm³/mol. The molecule has 16 nitrogen and oxygen atoms in total. The monoisotopic (exact) mass is 882 g/mol. The van der Waals surface area contributed by atoms with E-state index in [2.05, 4.69) is 12.6 Å². The van der Waals surface area contributed by atoms with Crippen LogP contribution < -0.4 is 9.79 Å². The van der Waals surface area contributed by atoms with Crippen molar-refractivity contribution in [2.75, 3.05) is 24.7 Å². The van der Waals surface area contributed by atoms with Gasteiger partial charge in [0.05, 0.1) is 62.0 Å². The maximum absolute atomic E-state index is 12.5. The van der Waals surface area contributed by atoms with E-state index in [0.29, 0.717) is 23.6 Å². The maximum atomic E-state index is 12.5. The van der Waals surface area contributed by atoms with Gasteiger partial charge in [-0.3, -0.25) is 9.13 Å². The molecule has 5 saturated heterocycles. The number of aliphatic hydroxyl groups is 1. The molecule has 0 aromatic heterocycles. The number of aliphatic hydroxyl groups excluding tert-OH is 1. The third kappa shape index (κ3) is 17.9. The van der Waals surface area contributed by atoms with Crippen LogP contribution in [-0.4, -0.2) is 171 Å². The molecule has 24 heteroatoms. The van der Waals surface area contributed by atoms with Crippen molar-refractivity contribution in [3.63, 3.8) is 0 Å². The molecule has 0 aromatic carbocycles. The Hall–Kier alpha value is 0.860. The SMILES string of the molecule is C.[B][C@@H]1O[C@H](COC(C)C)C(OP(=O)([O-])SC[C@H]2O[C@@H]([B])CC2OC(C)C)[C@@H]1O.[B][C@@H]1O[C@H](COC(C)C)C2OP(=O)([O-])O[C@@H]21.[B][C@H]1CC(OC(C)C)[C@@H](CS)O1. The average molecular weight is 882 g/mol. The van der Waals surface area contributed by atoms with Crippen LogP contribution in [0, 0.1) is 0 Å². The van der Waals surface area contributed by atoms with Crippen molar-refractivity contribution < 1.29 is 75.5 Å². The highest BCUT2D eigenvalue weighted by Gasteiger charge is 2.52. The third-order valence-corrected chi connectivity index (χ3v) is 12.9. The van der Waals surface area contributed by atoms with Crippen LogP contribution >= 0.6 is 38.6 Å². The van der Waals surface area contributed by atoms with Gasteiger partial charge in [0.25, 0.3) is 7.82 Å². The van der Waals surface area contributed by atoms with E-state index >= 15 is 0 Å². The van der Waals surface area contributed by atoms with Crippen molar-refractivity contribution in [2.45, 2.75) is 185 Å². The minimum Gasteiger partial charge on any atom is -0.770 e. The van der Waals surface area contributed by atoms with Crippen LogP contribution in [0.15, 0.2) is 0 Å². The molecule has 5 heterocycles. The van der Waals surface area contributed by atoms with Crippen LogP contribution in [0.1, 0.15) is 75.7 Å². The number of hydrogen-bond acceptors (Lipinski definition) is 18. The number of hydrogen-bond donors (Lipinski definition) is 2. The highest BCUT2D eigenvalue weighted by Crippen LogP contribution is 2.55. The lowest BCUT2D eigenvalue weighted by molar-refractivity contribution is -0.220. The van der Waals surface area contributed by atoms with Crippen LogP contribution in [0.4, 0.5) is 0 Å². The molecule has 0 aliphatic carbocycles. The fourth-order valence-electron chi connectivity index (χ4n) is 6.20. The van der Waals surface area contributed by atoms with Crippen molar-refractivity contribution in [1.82, 2.24) is 0 Å². The minimum atomic E-state index is -4.38. The summed E-state index contributed by atoms with van der Waals surface area (Å²) in [6.07, 6.45) is -4.34. The van der Waals surface area contributed by atoms with Gasteiger partial charge >= 0.3 is 0 Å². The first-order valence-electron chi connectivity index (χ1n) is 18.8. The summed E-state index contributed by atoms with van der Waals surface area (Å²) in [4.78, 5) is 23.6. The van der Waals surface area contributed by atoms with E-state index in [1.807, 2.05) is 55.4 Å². The first-order valence-corrected chi connectivity index (χ1v) is 24.0. The largest absolute Gasteiger partial charge is 0.770 e. The Balaban J connectivity index is 0.000000325. The smallest absolute Gasteiger partial charge is 0.268 e. The molecule has 1 N–H and O–H groups in total. The van der Waals surface area contributed by atoms with Gasteiger partial charge in [-0.2, -0.15) is 12.6 Å². The lowest BCUT2D eigenvalue weighted by Gasteiger charge is -2.31. The normalized spacial score (nSPS) is 39.8. The summed E-state index contributed by atoms with van der Waals surface area (Å²) < 4.78 is 82.1. The highest BCUT2D eigenvalue weighted by atomic mass is 32.7. The quantitative estimate of drug-likeness (QED) is 0.128. The molecular weight excluding hydrogens is 822 g/mol. The molecular formula is C33H60B4O16P2S2-2. The maximum Gasteiger partial charge on any atom is 0.268 e. The van der Waals surface area contributed by atoms with Gasteiger partial charge in [-0.05, 0) is 68.2 Å². The highest BCUT2D eigenvalue weighted by molar-refractivity contribution is 8.54. The molecule has 0 aromatic rings. The van der Waals surface area contributed by atoms with Crippen LogP contribution in [-0.2, 0) is 60.6 Å². The average Bonchev–Trinajstić information content (AvgIpc) is 3.84. The minimum absolute atomic E-state index is 0. The Morgan fingerprint density at radius 1 is 0.772 bits per heavy atom. The first kappa shape index (κ1) is 54.0. The lowest BCUT2D eigenvalue weighted by Crippen LogP contribution is -2.38. The summed E-state index contributed by atoms with van der Waals surface area (Å²) in [5.74, 6) is 0.764. The van der Waals surface area contributed by atoms with Crippen LogP contribution in [0.25, 0.3) is 0 Å². The van der Waals surface area contributed by atoms with Gasteiger partial charge in [0, 0.05) is 35.5 Å². The van der Waals surface area contributed by atoms with Gasteiger partial charge < -0.3 is 66.4 Å². The first-order chi connectivity index (χ1) is 26.0. The zero-order valence-electron chi connectivity index (χ0n) is 33.3. The molecule has 5 aliphatic heterocycles. The van der Waals surface area contributed by atoms with Gasteiger partial charge in [-0.1, -0.05) is 18.8 Å². The second-order valence-corrected chi connectivity index (χ2v) is 20.5. The van der Waals surface area contributed by atoms with Gasteiger partial charge in [0.2, 0.25) is 0 Å². The molecule has 0 amide bonds. The van der Waals surface area contributed by atoms with E-state index in [4.69, 9.17) is 82.9 Å². The topological polar surface area (TPSA) is 202 Å². The molecule has 6 unspecified atom stereocenters. The Kier molecular flexibility index (Phi) is 23.3. The number of ether oxygens (including phenoxy) is 8. The Morgan fingerprint density at radius 2 is 1.25 bits per heavy atom. The van der Waals surface area contributed by atoms with Gasteiger partial charge in [-0.15, -0.1) is 0 Å². The number of rotatable bonds is 16. The number of thiol groups is 1. The fraction of sp³-hybridized carbons (Fsp3) is 1.00. The molecule has 0 spiro atoms. The summed E-state index contributed by atoms with van der Waals surface area (Å²) in [7, 11) is 18.5. The van der Waals surface area contributed by atoms with Crippen molar-refractivity contribution in [3.05, 3.63) is 0 Å². The molecule has 16 atom stereocenters. The zero-order chi connectivity index (χ0) is 42.1. The fourth-order valence-corrected chi connectivity index (χ4v) is 10.4. The Bertz CT molecular complexity index is 1270. The number of phosphoric ester groups is 1. The summed E-state index contributed by atoms with van der Waals surface area (Å²) in [5.41, 5.74) is 0. The van der Waals surface area contributed by atoms with Gasteiger partial charge in [-0.25, -0.2) is 0 Å². The summed E-state index contributed by atoms with van der Waals surface area (Å²) in [6.45, 7) is 11.1. The number of fused-ring (bicyclic) bond motifs is 1. The second-order valence-electron chi connectivity index (χ2n) is 15.0. The Labute approximate surface area is 354 Å². The molecule has 5 aliphatic rings. The van der Waals surface area contributed by atoms with E-state index in [1.54, 1.807) is 0 Å². The third-order valence-electron chi connectivity index (χ3n) is 8.59. The zero-order valence-corrected chi connectivity index (χ0v) is 36.8. The summed E-state index contributed by atoms with van der Waals surface area (Å²) >= 11 is 4.77. The molecule has 57 heavy (non-hydrogen) atoms. The van der Waals surface area contributed by atoms with Gasteiger partial charge in [0.1, 0.15) is 68.0 Å². The van der Waals surface area contributed by atoms with Crippen molar-refractivity contribution >= 4 is 70.0 Å². The molecule has 5 fully saturated rings. The predicted octanol–water partition coefficient (Wildman–Crippen LogP) is 1.52. The molecule has 5 rings (SSSR count). The van der Waals surface area contributed by atoms with E-state index in [1.165, 1.54) is 0 Å². The van der Waals surface area contributed by atoms with E-state index in [9.17, 15) is 24.0 Å². The van der Waals surface area contributed by atoms with Crippen LogP contribution in [0.2, 0.25) is 0 Å². The van der Waals surface area contributed by atoms with Crippen molar-refractivity contribution in [2.24, 2.45) is 0 Å². The van der Waals surface area contributed by atoms with E-state index in [0.717, 1.165) is 6.42 Å². The molecule has 8 radical (unpaired) electrons. The molecule has 324 valence electrons. The van der Waals surface area contributed by atoms with Crippen molar-refractivity contribution in [1.29, 1.82) is 0 Å². The van der Waals surface area contributed by atoms with Crippen molar-refractivity contribution in [3.8, 4) is 0 Å². The summed E-state index contributed by atoms with van der Waals surface area (Å²) in [5, 5.41) is 10.2. The standard InChI is InChI=1S/C16H29B2O8PS.C8H14BO6P.C8H15BO2S.CH4/c1-8(2)22-6-11-15(14(19)16(18)25-11)26-27(20,21)28-7-12-10(23-9(3)4)5-13(17)24-12;1-4(2)12-3-5-6-7(8(9)13-5)15-16(10,11)14-6;1-5(2)10-6-3-8(9)11-7(6)4-12;/h8-16,19H,5-7H2,1-4H3,(H,20,21);4-8H,3H2,1-2H3,(H,10,11);5-8,12H,3-4H2,1-2H3;1H4/p-2/t10?,11-,12-,13-,14+,15?,16-;5-,6?,7+,8-;6?,7-,8-;/m111./s1. The van der Waals surface area contributed by atoms with Crippen LogP contribution in [0.5, 0.6) is 0 Å². The number of phosphoric acid groups is 1. The Morgan fingerprint density at radius 3 is 1.75 bits per heavy atom.